The SMILES string of the molecule is CCC(C)CC(=O)Nc1cnn(CC(=O)OC)c1. The smallest absolute Gasteiger partial charge is 0.327 e. The fraction of sp³-hybridized carbons (Fsp3) is 0.583. The van der Waals surface area contributed by atoms with Gasteiger partial charge < -0.3 is 10.1 Å². The van der Waals surface area contributed by atoms with Crippen LogP contribution in [0.25, 0.3) is 0 Å². The topological polar surface area (TPSA) is 73.2 Å². The van der Waals surface area contributed by atoms with Crippen LogP contribution < -0.4 is 5.32 Å². The molecule has 0 saturated carbocycles. The molecule has 0 saturated heterocycles. The normalized spacial score (nSPS) is 11.9. The number of hydrogen-bond acceptors (Lipinski definition) is 4. The summed E-state index contributed by atoms with van der Waals surface area (Å²) in [4.78, 5) is 22.7. The van der Waals surface area contributed by atoms with Crippen molar-refractivity contribution in [1.29, 1.82) is 0 Å². The zero-order chi connectivity index (χ0) is 13.5. The Labute approximate surface area is 106 Å². The molecule has 6 heteroatoms. The van der Waals surface area contributed by atoms with Gasteiger partial charge in [-0.2, -0.15) is 5.10 Å². The van der Waals surface area contributed by atoms with Crippen molar-refractivity contribution in [2.45, 2.75) is 33.2 Å². The van der Waals surface area contributed by atoms with Crippen molar-refractivity contribution in [3.05, 3.63) is 12.4 Å². The summed E-state index contributed by atoms with van der Waals surface area (Å²) in [6.45, 7) is 4.12. The van der Waals surface area contributed by atoms with Gasteiger partial charge in [-0.3, -0.25) is 14.3 Å². The Morgan fingerprint density at radius 2 is 2.28 bits per heavy atom. The summed E-state index contributed by atoms with van der Waals surface area (Å²) in [5, 5.41) is 6.70. The molecule has 1 rings (SSSR count). The summed E-state index contributed by atoms with van der Waals surface area (Å²) in [6.07, 6.45) is 4.57. The average Bonchev–Trinajstić information content (AvgIpc) is 2.75. The molecule has 1 atom stereocenters. The number of anilines is 1. The summed E-state index contributed by atoms with van der Waals surface area (Å²) in [7, 11) is 1.32. The van der Waals surface area contributed by atoms with Crippen LogP contribution in [0.4, 0.5) is 5.69 Å². The van der Waals surface area contributed by atoms with Crippen molar-refractivity contribution in [1.82, 2.24) is 9.78 Å². The van der Waals surface area contributed by atoms with Crippen LogP contribution in [0.2, 0.25) is 0 Å². The molecule has 1 unspecified atom stereocenters. The van der Waals surface area contributed by atoms with Crippen molar-refractivity contribution < 1.29 is 14.3 Å². The molecular formula is C12H19N3O3. The lowest BCUT2D eigenvalue weighted by molar-refractivity contribution is -0.141. The van der Waals surface area contributed by atoms with Crippen molar-refractivity contribution in [2.24, 2.45) is 5.92 Å². The molecule has 0 aliphatic carbocycles. The highest BCUT2D eigenvalue weighted by molar-refractivity contribution is 5.90. The molecule has 0 bridgehead atoms. The average molecular weight is 253 g/mol. The van der Waals surface area contributed by atoms with Gasteiger partial charge in [0, 0.05) is 12.6 Å². The summed E-state index contributed by atoms with van der Waals surface area (Å²) >= 11 is 0. The van der Waals surface area contributed by atoms with E-state index in [4.69, 9.17) is 0 Å². The molecule has 100 valence electrons. The van der Waals surface area contributed by atoms with E-state index >= 15 is 0 Å². The second-order valence-electron chi connectivity index (χ2n) is 4.27. The fourth-order valence-electron chi connectivity index (χ4n) is 1.38. The van der Waals surface area contributed by atoms with E-state index in [2.05, 4.69) is 15.2 Å². The van der Waals surface area contributed by atoms with E-state index in [0.717, 1.165) is 6.42 Å². The van der Waals surface area contributed by atoms with Crippen molar-refractivity contribution in [2.75, 3.05) is 12.4 Å². The number of carbonyl (C=O) groups excluding carboxylic acids is 2. The summed E-state index contributed by atoms with van der Waals surface area (Å²) in [5.41, 5.74) is 0.590. The third kappa shape index (κ3) is 4.57. The molecule has 1 heterocycles. The standard InChI is InChI=1S/C12H19N3O3/c1-4-9(2)5-11(16)14-10-6-13-15(7-10)8-12(17)18-3/h6-7,9H,4-5,8H2,1-3H3,(H,14,16). The number of nitrogens with one attached hydrogen (secondary N) is 1. The van der Waals surface area contributed by atoms with Crippen LogP contribution >= 0.6 is 0 Å². The number of nitrogens with zero attached hydrogens (tertiary/aromatic N) is 2. The zero-order valence-electron chi connectivity index (χ0n) is 11.0. The number of aromatic nitrogens is 2. The van der Waals surface area contributed by atoms with Crippen LogP contribution in [0, 0.1) is 5.92 Å². The summed E-state index contributed by atoms with van der Waals surface area (Å²) in [6, 6.07) is 0. The predicted molar refractivity (Wildman–Crippen MR) is 66.9 cm³/mol. The Morgan fingerprint density at radius 1 is 1.56 bits per heavy atom. The third-order valence-corrected chi connectivity index (χ3v) is 2.67. The van der Waals surface area contributed by atoms with Crippen LogP contribution in [0.1, 0.15) is 26.7 Å². The van der Waals surface area contributed by atoms with Crippen molar-refractivity contribution >= 4 is 17.6 Å². The van der Waals surface area contributed by atoms with Gasteiger partial charge in [-0.05, 0) is 5.92 Å². The first-order valence-corrected chi connectivity index (χ1v) is 5.94. The number of rotatable bonds is 6. The van der Waals surface area contributed by atoms with Crippen molar-refractivity contribution in [3.63, 3.8) is 0 Å². The minimum atomic E-state index is -0.379. The van der Waals surface area contributed by atoms with E-state index in [1.165, 1.54) is 18.0 Å². The Kier molecular flexibility index (Phi) is 5.35. The van der Waals surface area contributed by atoms with Gasteiger partial charge in [0.2, 0.25) is 5.91 Å². The van der Waals surface area contributed by atoms with E-state index in [1.54, 1.807) is 6.20 Å². The van der Waals surface area contributed by atoms with E-state index in [9.17, 15) is 9.59 Å². The molecule has 18 heavy (non-hydrogen) atoms. The van der Waals surface area contributed by atoms with Gasteiger partial charge >= 0.3 is 5.97 Å². The van der Waals surface area contributed by atoms with E-state index in [0.29, 0.717) is 18.0 Å². The lowest BCUT2D eigenvalue weighted by Crippen LogP contribution is -2.14. The van der Waals surface area contributed by atoms with Gasteiger partial charge in [0.05, 0.1) is 19.0 Å². The first kappa shape index (κ1) is 14.2. The number of amides is 1. The number of methoxy groups -OCH3 is 1. The largest absolute Gasteiger partial charge is 0.468 e. The lowest BCUT2D eigenvalue weighted by Gasteiger charge is -2.07. The molecule has 0 aromatic carbocycles. The summed E-state index contributed by atoms with van der Waals surface area (Å²) < 4.78 is 5.95. The molecule has 0 fully saturated rings. The van der Waals surface area contributed by atoms with Gasteiger partial charge in [-0.15, -0.1) is 0 Å². The second kappa shape index (κ2) is 6.78. The highest BCUT2D eigenvalue weighted by atomic mass is 16.5. The molecule has 6 nitrogen and oxygen atoms in total. The van der Waals surface area contributed by atoms with Crippen LogP contribution in [0.15, 0.2) is 12.4 Å². The first-order valence-electron chi connectivity index (χ1n) is 5.94. The number of esters is 1. The predicted octanol–water partition coefficient (Wildman–Crippen LogP) is 1.43. The maximum atomic E-state index is 11.6. The molecule has 1 aromatic rings. The van der Waals surface area contributed by atoms with Crippen LogP contribution in [-0.2, 0) is 20.9 Å². The molecule has 0 aliphatic rings. The Bertz CT molecular complexity index is 414. The van der Waals surface area contributed by atoms with Gasteiger partial charge in [0.15, 0.2) is 0 Å². The molecule has 1 N–H and O–H groups in total. The second-order valence-corrected chi connectivity index (χ2v) is 4.27. The fourth-order valence-corrected chi connectivity index (χ4v) is 1.38. The number of hydrogen-bond donors (Lipinski definition) is 1. The molecule has 1 aromatic heterocycles. The summed E-state index contributed by atoms with van der Waals surface area (Å²) in [5.74, 6) is -0.0623. The molecular weight excluding hydrogens is 234 g/mol. The maximum absolute atomic E-state index is 11.6. The van der Waals surface area contributed by atoms with Crippen LogP contribution in [0.3, 0.4) is 0 Å². The highest BCUT2D eigenvalue weighted by Gasteiger charge is 2.09. The first-order chi connectivity index (χ1) is 8.55. The van der Waals surface area contributed by atoms with E-state index < -0.39 is 0 Å². The minimum absolute atomic E-state index is 0.0394. The van der Waals surface area contributed by atoms with Gasteiger partial charge in [0.1, 0.15) is 6.54 Å². The zero-order valence-corrected chi connectivity index (χ0v) is 11.0. The number of carbonyl (C=O) groups is 2. The Hall–Kier alpha value is -1.85. The lowest BCUT2D eigenvalue weighted by atomic mass is 10.1. The van der Waals surface area contributed by atoms with Crippen molar-refractivity contribution in [3.8, 4) is 0 Å². The van der Waals surface area contributed by atoms with E-state index in [-0.39, 0.29) is 18.4 Å². The van der Waals surface area contributed by atoms with Gasteiger partial charge in [-0.25, -0.2) is 0 Å². The monoisotopic (exact) mass is 253 g/mol. The number of ether oxygens (including phenoxy) is 1. The quantitative estimate of drug-likeness (QED) is 0.778. The maximum Gasteiger partial charge on any atom is 0.327 e. The van der Waals surface area contributed by atoms with E-state index in [1.807, 2.05) is 13.8 Å². The molecule has 0 radical (unpaired) electrons. The van der Waals surface area contributed by atoms with Gasteiger partial charge in [0.25, 0.3) is 0 Å². The van der Waals surface area contributed by atoms with Crippen LogP contribution in [-0.4, -0.2) is 28.8 Å². The Morgan fingerprint density at radius 3 is 2.89 bits per heavy atom. The van der Waals surface area contributed by atoms with Crippen LogP contribution in [0.5, 0.6) is 0 Å². The molecule has 1 amide bonds. The molecule has 0 spiro atoms. The Balaban J connectivity index is 2.48. The molecule has 0 aliphatic heterocycles. The third-order valence-electron chi connectivity index (χ3n) is 2.67. The van der Waals surface area contributed by atoms with Gasteiger partial charge in [-0.1, -0.05) is 20.3 Å². The highest BCUT2D eigenvalue weighted by Crippen LogP contribution is 2.10. The minimum Gasteiger partial charge on any atom is -0.468 e.